The first-order chi connectivity index (χ1) is 20.0. The maximum absolute atomic E-state index is 12.7. The molecule has 0 aromatic carbocycles. The Morgan fingerprint density at radius 2 is 1.40 bits per heavy atom. The molecule has 9 heteroatoms. The molecule has 0 saturated carbocycles. The summed E-state index contributed by atoms with van der Waals surface area (Å²) in [5, 5.41) is 13.6. The molecule has 0 saturated heterocycles. The van der Waals surface area contributed by atoms with Crippen LogP contribution in [0.25, 0.3) is 0 Å². The van der Waals surface area contributed by atoms with E-state index in [1.165, 1.54) is 25.7 Å². The van der Waals surface area contributed by atoms with Crippen LogP contribution in [0, 0.1) is 0 Å². The van der Waals surface area contributed by atoms with E-state index in [1.54, 1.807) is 6.08 Å². The molecule has 0 bridgehead atoms. The number of amides is 1. The lowest BCUT2D eigenvalue weighted by atomic mass is 10.1. The average Bonchev–Trinajstić information content (AvgIpc) is 2.92. The summed E-state index contributed by atoms with van der Waals surface area (Å²) in [7, 11) is 1.55. The summed E-state index contributed by atoms with van der Waals surface area (Å²) in [5.41, 5.74) is 0. The number of aliphatic hydroxyl groups is 1. The Bertz CT molecular complexity index is 794. The van der Waals surface area contributed by atoms with Crippen molar-refractivity contribution in [2.24, 2.45) is 0 Å². The van der Waals surface area contributed by atoms with Crippen molar-refractivity contribution in [3.8, 4) is 0 Å². The van der Waals surface area contributed by atoms with Gasteiger partial charge in [0.2, 0.25) is 5.91 Å². The SMILES string of the molecule is CCC/C=C\C/C=C\CCCCCCCC(=O)NC(COP(=O)(O)OCC[N+](C)(C)C)C(O)/C=C/CCCCCCC. The molecule has 0 rings (SSSR count). The molecule has 0 radical (unpaired) electrons. The molecule has 42 heavy (non-hydrogen) atoms. The van der Waals surface area contributed by atoms with Crippen molar-refractivity contribution in [1.82, 2.24) is 5.32 Å². The Hall–Kier alpha value is -1.28. The van der Waals surface area contributed by atoms with E-state index in [0.29, 0.717) is 17.4 Å². The van der Waals surface area contributed by atoms with Crippen LogP contribution in [0.5, 0.6) is 0 Å². The van der Waals surface area contributed by atoms with E-state index in [9.17, 15) is 19.4 Å². The second-order valence-corrected chi connectivity index (χ2v) is 13.6. The van der Waals surface area contributed by atoms with Crippen LogP contribution >= 0.6 is 7.82 Å². The number of likely N-dealkylation sites (N-methyl/N-ethyl adjacent to an activating group) is 1. The highest BCUT2D eigenvalue weighted by Crippen LogP contribution is 2.43. The predicted molar refractivity (Wildman–Crippen MR) is 175 cm³/mol. The first-order valence-electron chi connectivity index (χ1n) is 16.4. The van der Waals surface area contributed by atoms with Crippen LogP contribution in [-0.4, -0.2) is 73.4 Å². The van der Waals surface area contributed by atoms with Crippen LogP contribution in [0.4, 0.5) is 0 Å². The van der Waals surface area contributed by atoms with Gasteiger partial charge in [0.1, 0.15) is 13.2 Å². The van der Waals surface area contributed by atoms with Crippen LogP contribution < -0.4 is 5.32 Å². The largest absolute Gasteiger partial charge is 0.472 e. The van der Waals surface area contributed by atoms with Crippen LogP contribution in [0.1, 0.15) is 117 Å². The summed E-state index contributed by atoms with van der Waals surface area (Å²) in [6.07, 6.45) is 27.9. The summed E-state index contributed by atoms with van der Waals surface area (Å²) in [6.45, 7) is 4.63. The molecule has 0 aliphatic rings. The zero-order valence-electron chi connectivity index (χ0n) is 27.5. The average molecular weight is 616 g/mol. The number of carbonyl (C=O) groups excluding carboxylic acids is 1. The third-order valence-electron chi connectivity index (χ3n) is 6.84. The van der Waals surface area contributed by atoms with Gasteiger partial charge in [-0.1, -0.05) is 102 Å². The Kier molecular flexibility index (Phi) is 25.4. The van der Waals surface area contributed by atoms with Crippen molar-refractivity contribution >= 4 is 13.7 Å². The number of hydrogen-bond donors (Lipinski definition) is 3. The third kappa shape index (κ3) is 27.5. The Labute approximate surface area is 257 Å². The maximum Gasteiger partial charge on any atom is 0.472 e. The van der Waals surface area contributed by atoms with Gasteiger partial charge in [-0.3, -0.25) is 13.8 Å². The standard InChI is InChI=1S/C33H63N2O6P/c1-6-8-10-12-14-15-16-17-18-19-21-23-25-27-33(37)34-31(32(36)26-24-22-20-13-11-9-7-2)30-41-42(38,39)40-29-28-35(3,4)5/h10,12,15-16,24,26,31-32,36H,6-9,11,13-14,17-23,25,27-30H2,1-5H3,(H-,34,37,38,39)/p+1/b12-10-,16-15-,26-24+. The fourth-order valence-electron chi connectivity index (χ4n) is 4.13. The minimum atomic E-state index is -4.32. The van der Waals surface area contributed by atoms with Crippen molar-refractivity contribution in [2.75, 3.05) is 40.9 Å². The predicted octanol–water partition coefficient (Wildman–Crippen LogP) is 7.62. The fraction of sp³-hybridized carbons (Fsp3) is 0.788. The van der Waals surface area contributed by atoms with Crippen molar-refractivity contribution < 1.29 is 32.9 Å². The van der Waals surface area contributed by atoms with Gasteiger partial charge in [0.15, 0.2) is 0 Å². The van der Waals surface area contributed by atoms with Gasteiger partial charge in [-0.2, -0.15) is 0 Å². The number of phosphoric ester groups is 1. The molecule has 0 aromatic heterocycles. The number of unbranched alkanes of at least 4 members (excludes halogenated alkanes) is 11. The van der Waals surface area contributed by atoms with Gasteiger partial charge in [-0.05, 0) is 44.9 Å². The van der Waals surface area contributed by atoms with Gasteiger partial charge in [-0.25, -0.2) is 4.57 Å². The highest BCUT2D eigenvalue weighted by Gasteiger charge is 2.27. The molecule has 3 atom stereocenters. The summed E-state index contributed by atoms with van der Waals surface area (Å²) >= 11 is 0. The second kappa shape index (κ2) is 26.2. The fourth-order valence-corrected chi connectivity index (χ4v) is 4.87. The van der Waals surface area contributed by atoms with Crippen molar-refractivity contribution in [2.45, 2.75) is 129 Å². The number of hydrogen-bond acceptors (Lipinski definition) is 5. The van der Waals surface area contributed by atoms with Gasteiger partial charge >= 0.3 is 7.82 Å². The number of nitrogens with one attached hydrogen (secondary N) is 1. The third-order valence-corrected chi connectivity index (χ3v) is 7.82. The highest BCUT2D eigenvalue weighted by atomic mass is 31.2. The Morgan fingerprint density at radius 3 is 2.05 bits per heavy atom. The van der Waals surface area contributed by atoms with E-state index < -0.39 is 20.0 Å². The van der Waals surface area contributed by atoms with Gasteiger partial charge < -0.3 is 19.8 Å². The zero-order valence-corrected chi connectivity index (χ0v) is 28.4. The lowest BCUT2D eigenvalue weighted by Gasteiger charge is -2.25. The highest BCUT2D eigenvalue weighted by molar-refractivity contribution is 7.47. The van der Waals surface area contributed by atoms with Gasteiger partial charge in [0.05, 0.1) is 39.9 Å². The molecule has 0 aliphatic carbocycles. The Balaban J connectivity index is 4.59. The van der Waals surface area contributed by atoms with Crippen molar-refractivity contribution in [3.63, 3.8) is 0 Å². The van der Waals surface area contributed by atoms with Crippen LogP contribution in [0.3, 0.4) is 0 Å². The number of aliphatic hydroxyl groups excluding tert-OH is 1. The molecule has 246 valence electrons. The quantitative estimate of drug-likeness (QED) is 0.0362. The van der Waals surface area contributed by atoms with Crippen LogP contribution in [-0.2, 0) is 18.4 Å². The minimum Gasteiger partial charge on any atom is -0.387 e. The molecule has 0 heterocycles. The molecule has 0 aliphatic heterocycles. The van der Waals surface area contributed by atoms with Gasteiger partial charge in [0, 0.05) is 6.42 Å². The van der Waals surface area contributed by atoms with E-state index in [4.69, 9.17) is 9.05 Å². The number of nitrogens with zero attached hydrogens (tertiary/aromatic N) is 1. The molecular weight excluding hydrogens is 551 g/mol. The number of quaternary nitrogens is 1. The molecule has 0 spiro atoms. The van der Waals surface area contributed by atoms with Crippen molar-refractivity contribution in [3.05, 3.63) is 36.5 Å². The molecule has 3 N–H and O–H groups in total. The van der Waals surface area contributed by atoms with Crippen LogP contribution in [0.2, 0.25) is 0 Å². The molecule has 3 unspecified atom stereocenters. The summed E-state index contributed by atoms with van der Waals surface area (Å²) in [4.78, 5) is 22.8. The number of rotatable bonds is 28. The summed E-state index contributed by atoms with van der Waals surface area (Å²) < 4.78 is 23.2. The van der Waals surface area contributed by atoms with E-state index in [-0.39, 0.29) is 19.1 Å². The maximum atomic E-state index is 12.7. The minimum absolute atomic E-state index is 0.0570. The zero-order chi connectivity index (χ0) is 31.5. The van der Waals surface area contributed by atoms with E-state index in [1.807, 2.05) is 27.2 Å². The smallest absolute Gasteiger partial charge is 0.387 e. The molecular formula is C33H64N2O6P+. The summed E-state index contributed by atoms with van der Waals surface area (Å²) in [5.74, 6) is -0.201. The number of carbonyl (C=O) groups is 1. The van der Waals surface area contributed by atoms with Gasteiger partial charge in [-0.15, -0.1) is 0 Å². The van der Waals surface area contributed by atoms with E-state index in [2.05, 4.69) is 43.5 Å². The van der Waals surface area contributed by atoms with Crippen LogP contribution in [0.15, 0.2) is 36.5 Å². The lowest BCUT2D eigenvalue weighted by molar-refractivity contribution is -0.870. The first-order valence-corrected chi connectivity index (χ1v) is 17.9. The topological polar surface area (TPSA) is 105 Å². The second-order valence-electron chi connectivity index (χ2n) is 12.2. The molecule has 0 fully saturated rings. The molecule has 1 amide bonds. The lowest BCUT2D eigenvalue weighted by Crippen LogP contribution is -2.45. The first kappa shape index (κ1) is 40.7. The summed E-state index contributed by atoms with van der Waals surface area (Å²) in [6, 6.07) is -0.847. The number of phosphoric acid groups is 1. The van der Waals surface area contributed by atoms with Crippen molar-refractivity contribution in [1.29, 1.82) is 0 Å². The monoisotopic (exact) mass is 615 g/mol. The molecule has 8 nitrogen and oxygen atoms in total. The molecule has 0 aromatic rings. The number of allylic oxidation sites excluding steroid dienone is 5. The normalized spacial score (nSPS) is 15.5. The Morgan fingerprint density at radius 1 is 0.810 bits per heavy atom. The van der Waals surface area contributed by atoms with E-state index >= 15 is 0 Å². The van der Waals surface area contributed by atoms with E-state index in [0.717, 1.165) is 70.6 Å². The van der Waals surface area contributed by atoms with Gasteiger partial charge in [0.25, 0.3) is 0 Å².